The van der Waals surface area contributed by atoms with Crippen LogP contribution in [-0.2, 0) is 11.3 Å². The molecule has 1 unspecified atom stereocenters. The topological polar surface area (TPSA) is 38.5 Å². The molecule has 0 bridgehead atoms. The fraction of sp³-hybridized carbons (Fsp3) is 0.500. The molecule has 1 fully saturated rings. The summed E-state index contributed by atoms with van der Waals surface area (Å²) in [7, 11) is 0. The molecule has 1 aromatic rings. The molecule has 1 atom stereocenters. The lowest BCUT2D eigenvalue weighted by Crippen LogP contribution is -2.45. The number of hydrogen-bond donors (Lipinski definition) is 1. The van der Waals surface area contributed by atoms with E-state index < -0.39 is 0 Å². The van der Waals surface area contributed by atoms with Crippen LogP contribution in [0.3, 0.4) is 0 Å². The zero-order valence-corrected chi connectivity index (χ0v) is 12.0. The predicted molar refractivity (Wildman–Crippen MR) is 75.5 cm³/mol. The Morgan fingerprint density at radius 2 is 2.18 bits per heavy atom. The minimum absolute atomic E-state index is 0. The Bertz CT molecular complexity index is 351. The molecule has 1 aliphatic rings. The van der Waals surface area contributed by atoms with Crippen molar-refractivity contribution in [3.63, 3.8) is 0 Å². The zero-order chi connectivity index (χ0) is 11.4. The van der Waals surface area contributed by atoms with Gasteiger partial charge in [-0.3, -0.25) is 4.90 Å². The molecule has 1 aromatic carbocycles. The van der Waals surface area contributed by atoms with Gasteiger partial charge >= 0.3 is 0 Å². The third-order valence-electron chi connectivity index (χ3n) is 2.84. The summed E-state index contributed by atoms with van der Waals surface area (Å²) in [4.78, 5) is 2.39. The van der Waals surface area contributed by atoms with E-state index in [-0.39, 0.29) is 18.5 Å². The van der Waals surface area contributed by atoms with Gasteiger partial charge in [0.1, 0.15) is 0 Å². The van der Waals surface area contributed by atoms with Gasteiger partial charge in [0.15, 0.2) is 0 Å². The van der Waals surface area contributed by atoms with Gasteiger partial charge in [0.25, 0.3) is 0 Å². The Labute approximate surface area is 117 Å². The van der Waals surface area contributed by atoms with Crippen molar-refractivity contribution >= 4 is 28.3 Å². The molecule has 2 N–H and O–H groups in total. The van der Waals surface area contributed by atoms with Crippen LogP contribution in [0.25, 0.3) is 0 Å². The highest BCUT2D eigenvalue weighted by Crippen LogP contribution is 2.18. The van der Waals surface area contributed by atoms with Crippen molar-refractivity contribution in [2.24, 2.45) is 5.73 Å². The predicted octanol–water partition coefficient (Wildman–Crippen LogP) is 2.03. The first kappa shape index (κ1) is 14.9. The summed E-state index contributed by atoms with van der Waals surface area (Å²) < 4.78 is 6.72. The molecular formula is C12H18BrClN2O. The van der Waals surface area contributed by atoms with E-state index in [2.05, 4.69) is 39.0 Å². The summed E-state index contributed by atoms with van der Waals surface area (Å²) >= 11 is 3.57. The molecule has 0 amide bonds. The van der Waals surface area contributed by atoms with Crippen LogP contribution in [0.2, 0.25) is 0 Å². The maximum Gasteiger partial charge on any atom is 0.0824 e. The highest BCUT2D eigenvalue weighted by molar-refractivity contribution is 9.10. The number of benzene rings is 1. The van der Waals surface area contributed by atoms with Crippen LogP contribution in [0.4, 0.5) is 0 Å². The van der Waals surface area contributed by atoms with Gasteiger partial charge in [0.05, 0.1) is 12.7 Å². The van der Waals surface area contributed by atoms with Crippen LogP contribution < -0.4 is 5.73 Å². The fourth-order valence-electron chi connectivity index (χ4n) is 1.93. The van der Waals surface area contributed by atoms with E-state index >= 15 is 0 Å². The molecule has 0 aromatic heterocycles. The first-order valence-electron chi connectivity index (χ1n) is 5.57. The van der Waals surface area contributed by atoms with Crippen LogP contribution in [-0.4, -0.2) is 37.2 Å². The summed E-state index contributed by atoms with van der Waals surface area (Å²) in [6.07, 6.45) is 0.191. The van der Waals surface area contributed by atoms with Gasteiger partial charge in [0, 0.05) is 30.7 Å². The molecule has 2 rings (SSSR count). The number of morpholine rings is 1. The van der Waals surface area contributed by atoms with Crippen molar-refractivity contribution in [1.29, 1.82) is 0 Å². The third kappa shape index (κ3) is 4.23. The molecule has 0 aliphatic carbocycles. The second kappa shape index (κ2) is 7.34. The smallest absolute Gasteiger partial charge is 0.0824 e. The molecule has 3 nitrogen and oxygen atoms in total. The van der Waals surface area contributed by atoms with Gasteiger partial charge in [-0.25, -0.2) is 0 Å². The Morgan fingerprint density at radius 3 is 2.88 bits per heavy atom. The molecule has 0 radical (unpaired) electrons. The number of rotatable bonds is 3. The van der Waals surface area contributed by atoms with Gasteiger partial charge in [-0.2, -0.15) is 0 Å². The van der Waals surface area contributed by atoms with Gasteiger partial charge in [-0.1, -0.05) is 34.1 Å². The number of halogens is 2. The summed E-state index contributed by atoms with van der Waals surface area (Å²) in [5, 5.41) is 0. The minimum atomic E-state index is 0. The summed E-state index contributed by atoms with van der Waals surface area (Å²) in [6, 6.07) is 8.34. The number of nitrogens with two attached hydrogens (primary N) is 1. The molecule has 1 saturated heterocycles. The van der Waals surface area contributed by atoms with Crippen LogP contribution >= 0.6 is 28.3 Å². The van der Waals surface area contributed by atoms with Gasteiger partial charge < -0.3 is 10.5 Å². The summed E-state index contributed by atoms with van der Waals surface area (Å²) in [5.41, 5.74) is 6.95. The second-order valence-corrected chi connectivity index (χ2v) is 4.91. The van der Waals surface area contributed by atoms with E-state index in [1.54, 1.807) is 0 Å². The average Bonchev–Trinajstić information content (AvgIpc) is 2.32. The Balaban J connectivity index is 0.00000144. The number of ether oxygens (including phenoxy) is 1. The largest absolute Gasteiger partial charge is 0.374 e. The van der Waals surface area contributed by atoms with Gasteiger partial charge in [0.2, 0.25) is 0 Å². The summed E-state index contributed by atoms with van der Waals surface area (Å²) in [6.45, 7) is 4.26. The Kier molecular flexibility index (Phi) is 6.44. The maximum absolute atomic E-state index is 5.63. The van der Waals surface area contributed by atoms with Crippen LogP contribution in [0.5, 0.6) is 0 Å². The van der Waals surface area contributed by atoms with Crippen molar-refractivity contribution in [2.45, 2.75) is 12.6 Å². The number of nitrogens with zero attached hydrogens (tertiary/aromatic N) is 1. The van der Waals surface area contributed by atoms with Gasteiger partial charge in [-0.15, -0.1) is 12.4 Å². The molecule has 5 heteroatoms. The molecule has 1 heterocycles. The molecule has 0 saturated carbocycles. The van der Waals surface area contributed by atoms with E-state index in [0.717, 1.165) is 26.2 Å². The van der Waals surface area contributed by atoms with E-state index in [9.17, 15) is 0 Å². The molecule has 0 spiro atoms. The van der Waals surface area contributed by atoms with Crippen molar-refractivity contribution in [3.05, 3.63) is 34.3 Å². The summed E-state index contributed by atoms with van der Waals surface area (Å²) in [5.74, 6) is 0. The highest BCUT2D eigenvalue weighted by Gasteiger charge is 2.19. The zero-order valence-electron chi connectivity index (χ0n) is 9.64. The van der Waals surface area contributed by atoms with E-state index in [4.69, 9.17) is 10.5 Å². The molecular weight excluding hydrogens is 304 g/mol. The normalized spacial score (nSPS) is 20.9. The number of hydrogen-bond acceptors (Lipinski definition) is 3. The average molecular weight is 322 g/mol. The second-order valence-electron chi connectivity index (χ2n) is 4.06. The first-order valence-corrected chi connectivity index (χ1v) is 6.36. The quantitative estimate of drug-likeness (QED) is 0.926. The van der Waals surface area contributed by atoms with E-state index in [0.29, 0.717) is 6.54 Å². The van der Waals surface area contributed by atoms with E-state index in [1.165, 1.54) is 10.0 Å². The lowest BCUT2D eigenvalue weighted by molar-refractivity contribution is -0.0261. The first-order chi connectivity index (χ1) is 7.79. The van der Waals surface area contributed by atoms with Crippen LogP contribution in [0.15, 0.2) is 28.7 Å². The molecule has 17 heavy (non-hydrogen) atoms. The van der Waals surface area contributed by atoms with Gasteiger partial charge in [-0.05, 0) is 11.6 Å². The van der Waals surface area contributed by atoms with E-state index in [1.807, 2.05) is 6.07 Å². The maximum atomic E-state index is 5.63. The van der Waals surface area contributed by atoms with Crippen molar-refractivity contribution in [1.82, 2.24) is 4.90 Å². The Hall–Kier alpha value is -0.130. The minimum Gasteiger partial charge on any atom is -0.374 e. The fourth-order valence-corrected chi connectivity index (χ4v) is 2.34. The van der Waals surface area contributed by atoms with Crippen molar-refractivity contribution in [3.8, 4) is 0 Å². The lowest BCUT2D eigenvalue weighted by Gasteiger charge is -2.32. The standard InChI is InChI=1S/C12H17BrN2O.ClH/c13-12-4-2-1-3-10(12)8-15-5-6-16-11(7-14)9-15;/h1-4,11H,5-9,14H2;1H. The van der Waals surface area contributed by atoms with Crippen molar-refractivity contribution < 1.29 is 4.74 Å². The SMILES string of the molecule is Cl.NCC1CN(Cc2ccccc2Br)CCO1. The Morgan fingerprint density at radius 1 is 1.41 bits per heavy atom. The van der Waals surface area contributed by atoms with Crippen molar-refractivity contribution in [2.75, 3.05) is 26.2 Å². The van der Waals surface area contributed by atoms with Crippen LogP contribution in [0, 0.1) is 0 Å². The molecule has 96 valence electrons. The lowest BCUT2D eigenvalue weighted by atomic mass is 10.2. The highest BCUT2D eigenvalue weighted by atomic mass is 79.9. The third-order valence-corrected chi connectivity index (χ3v) is 3.61. The monoisotopic (exact) mass is 320 g/mol. The molecule has 1 aliphatic heterocycles. The van der Waals surface area contributed by atoms with Crippen LogP contribution in [0.1, 0.15) is 5.56 Å².